The van der Waals surface area contributed by atoms with E-state index >= 15 is 0 Å². The fraction of sp³-hybridized carbons (Fsp3) is 1.00. The van der Waals surface area contributed by atoms with Crippen LogP contribution in [0.5, 0.6) is 0 Å². The quantitative estimate of drug-likeness (QED) is 0.589. The van der Waals surface area contributed by atoms with Crippen molar-refractivity contribution in [2.75, 3.05) is 0 Å². The second-order valence-electron chi connectivity index (χ2n) is 5.92. The first-order valence-corrected chi connectivity index (χ1v) is 5.10. The minimum Gasteiger partial charge on any atom is -0.324 e. The Kier molecular flexibility index (Phi) is 1.35. The van der Waals surface area contributed by atoms with E-state index in [1.54, 1.807) is 0 Å². The normalized spacial score (nSPS) is 56.2. The molecule has 0 aromatic carbocycles. The van der Waals surface area contributed by atoms with Gasteiger partial charge in [-0.25, -0.2) is 0 Å². The third kappa shape index (κ3) is 0.654. The van der Waals surface area contributed by atoms with Crippen molar-refractivity contribution in [2.24, 2.45) is 22.5 Å². The van der Waals surface area contributed by atoms with E-state index in [0.29, 0.717) is 10.8 Å². The molecule has 2 aliphatic rings. The first kappa shape index (κ1) is 8.55. The van der Waals surface area contributed by atoms with Crippen LogP contribution in [0.25, 0.3) is 0 Å². The van der Waals surface area contributed by atoms with Crippen molar-refractivity contribution >= 4 is 0 Å². The van der Waals surface area contributed by atoms with Gasteiger partial charge in [0.05, 0.1) is 0 Å². The van der Waals surface area contributed by atoms with Gasteiger partial charge in [-0.2, -0.15) is 0 Å². The summed E-state index contributed by atoms with van der Waals surface area (Å²) in [4.78, 5) is 0. The summed E-state index contributed by atoms with van der Waals surface area (Å²) in [5.74, 6) is 0.873. The average Bonchev–Trinajstić information content (AvgIpc) is 2.36. The summed E-state index contributed by atoms with van der Waals surface area (Å²) >= 11 is 0. The van der Waals surface area contributed by atoms with E-state index in [9.17, 15) is 0 Å². The van der Waals surface area contributed by atoms with Crippen LogP contribution in [-0.4, -0.2) is 5.54 Å². The van der Waals surface area contributed by atoms with Gasteiger partial charge in [-0.3, -0.25) is 0 Å². The van der Waals surface area contributed by atoms with Crippen LogP contribution < -0.4 is 5.73 Å². The van der Waals surface area contributed by atoms with Crippen LogP contribution in [0.2, 0.25) is 0 Å². The number of hydrogen-bond acceptors (Lipinski definition) is 1. The zero-order valence-electron chi connectivity index (χ0n) is 8.78. The molecule has 2 fully saturated rings. The van der Waals surface area contributed by atoms with Crippen molar-refractivity contribution in [2.45, 2.75) is 52.5 Å². The molecule has 0 aromatic rings. The number of nitrogens with two attached hydrogens (primary N) is 1. The maximum absolute atomic E-state index is 6.48. The predicted octanol–water partition coefficient (Wildman–Crippen LogP) is 2.55. The summed E-state index contributed by atoms with van der Waals surface area (Å²) in [5, 5.41) is 0. The van der Waals surface area contributed by atoms with Crippen LogP contribution in [0.1, 0.15) is 47.0 Å². The van der Waals surface area contributed by atoms with Crippen molar-refractivity contribution in [3.05, 3.63) is 0 Å². The molecule has 70 valence electrons. The Hall–Kier alpha value is -0.0400. The molecule has 0 aromatic heterocycles. The number of fused-ring (bicyclic) bond motifs is 2. The molecule has 2 aliphatic carbocycles. The van der Waals surface area contributed by atoms with Crippen molar-refractivity contribution in [1.29, 1.82) is 0 Å². The van der Waals surface area contributed by atoms with E-state index in [4.69, 9.17) is 5.73 Å². The summed E-state index contributed by atoms with van der Waals surface area (Å²) in [6, 6.07) is 0. The van der Waals surface area contributed by atoms with E-state index < -0.39 is 0 Å². The Balaban J connectivity index is 2.46. The summed E-state index contributed by atoms with van der Waals surface area (Å²) in [7, 11) is 0. The molecule has 2 rings (SSSR count). The van der Waals surface area contributed by atoms with Crippen LogP contribution >= 0.6 is 0 Å². The minimum atomic E-state index is 0.0446. The molecule has 0 heterocycles. The zero-order chi connectivity index (χ0) is 9.20. The van der Waals surface area contributed by atoms with Crippen molar-refractivity contribution in [3.63, 3.8) is 0 Å². The van der Waals surface area contributed by atoms with Crippen LogP contribution in [0.15, 0.2) is 0 Å². The van der Waals surface area contributed by atoms with Crippen LogP contribution in [-0.2, 0) is 0 Å². The number of rotatable bonds is 0. The number of hydrogen-bond donors (Lipinski definition) is 1. The molecule has 0 amide bonds. The van der Waals surface area contributed by atoms with E-state index in [1.807, 2.05) is 0 Å². The fourth-order valence-corrected chi connectivity index (χ4v) is 3.53. The van der Waals surface area contributed by atoms with E-state index in [0.717, 1.165) is 5.92 Å². The Morgan fingerprint density at radius 2 is 1.75 bits per heavy atom. The van der Waals surface area contributed by atoms with E-state index in [-0.39, 0.29) is 5.54 Å². The summed E-state index contributed by atoms with van der Waals surface area (Å²) < 4.78 is 0. The van der Waals surface area contributed by atoms with Gasteiger partial charge in [-0.1, -0.05) is 20.8 Å². The van der Waals surface area contributed by atoms with Gasteiger partial charge in [0.2, 0.25) is 0 Å². The smallest absolute Gasteiger partial charge is 0.0234 e. The molecule has 2 saturated carbocycles. The lowest BCUT2D eigenvalue weighted by atomic mass is 9.60. The van der Waals surface area contributed by atoms with Crippen molar-refractivity contribution < 1.29 is 0 Å². The predicted molar refractivity (Wildman–Crippen MR) is 51.8 cm³/mol. The van der Waals surface area contributed by atoms with Gasteiger partial charge in [0.15, 0.2) is 0 Å². The Bertz CT molecular complexity index is 210. The van der Waals surface area contributed by atoms with Gasteiger partial charge >= 0.3 is 0 Å². The Morgan fingerprint density at radius 1 is 1.17 bits per heavy atom. The lowest BCUT2D eigenvalue weighted by Gasteiger charge is -2.49. The first-order valence-electron chi connectivity index (χ1n) is 5.10. The molecule has 2 bridgehead atoms. The SMILES string of the molecule is CC1(C)C2CC[C@](C)(C2)C1(C)N. The lowest BCUT2D eigenvalue weighted by Crippen LogP contribution is -2.58. The van der Waals surface area contributed by atoms with Crippen LogP contribution in [0.4, 0.5) is 0 Å². The highest BCUT2D eigenvalue weighted by atomic mass is 14.9. The third-order valence-corrected chi connectivity index (χ3v) is 5.35. The van der Waals surface area contributed by atoms with Gasteiger partial charge in [0.1, 0.15) is 0 Å². The topological polar surface area (TPSA) is 26.0 Å². The molecule has 12 heavy (non-hydrogen) atoms. The molecule has 1 nitrogen and oxygen atoms in total. The molecule has 0 aliphatic heterocycles. The highest BCUT2D eigenvalue weighted by Crippen LogP contribution is 2.66. The molecule has 3 atom stereocenters. The summed E-state index contributed by atoms with van der Waals surface area (Å²) in [6.45, 7) is 9.33. The molecular weight excluding hydrogens is 146 g/mol. The molecule has 2 N–H and O–H groups in total. The monoisotopic (exact) mass is 167 g/mol. The molecule has 2 unspecified atom stereocenters. The van der Waals surface area contributed by atoms with E-state index in [2.05, 4.69) is 27.7 Å². The Morgan fingerprint density at radius 3 is 2.00 bits per heavy atom. The van der Waals surface area contributed by atoms with E-state index in [1.165, 1.54) is 19.3 Å². The van der Waals surface area contributed by atoms with Gasteiger partial charge in [-0.15, -0.1) is 0 Å². The zero-order valence-corrected chi connectivity index (χ0v) is 8.78. The highest BCUT2D eigenvalue weighted by Gasteiger charge is 2.64. The summed E-state index contributed by atoms with van der Waals surface area (Å²) in [6.07, 6.45) is 4.09. The van der Waals surface area contributed by atoms with Crippen LogP contribution in [0, 0.1) is 16.7 Å². The van der Waals surface area contributed by atoms with Crippen molar-refractivity contribution in [1.82, 2.24) is 0 Å². The largest absolute Gasteiger partial charge is 0.324 e. The fourth-order valence-electron chi connectivity index (χ4n) is 3.53. The van der Waals surface area contributed by atoms with Gasteiger partial charge < -0.3 is 5.73 Å². The maximum Gasteiger partial charge on any atom is 0.0234 e. The van der Waals surface area contributed by atoms with Crippen LogP contribution in [0.3, 0.4) is 0 Å². The van der Waals surface area contributed by atoms with Gasteiger partial charge in [0.25, 0.3) is 0 Å². The molecule has 1 heteroatoms. The second kappa shape index (κ2) is 1.89. The standard InChI is InChI=1S/C11H21N/c1-9(2)8-5-6-10(3,7-8)11(9,4)12/h8H,5-7,12H2,1-4H3/t8?,10-,11?/m1/s1. The minimum absolute atomic E-state index is 0.0446. The van der Waals surface area contributed by atoms with Gasteiger partial charge in [0, 0.05) is 5.54 Å². The highest BCUT2D eigenvalue weighted by molar-refractivity contribution is 5.18. The first-order chi connectivity index (χ1) is 5.31. The van der Waals surface area contributed by atoms with Gasteiger partial charge in [-0.05, 0) is 42.9 Å². The molecule has 0 spiro atoms. The molecule has 0 saturated heterocycles. The Labute approximate surface area is 75.7 Å². The van der Waals surface area contributed by atoms with Crippen molar-refractivity contribution in [3.8, 4) is 0 Å². The summed E-state index contributed by atoms with van der Waals surface area (Å²) in [5.41, 5.74) is 7.28. The maximum atomic E-state index is 6.48. The molecular formula is C11H21N. The average molecular weight is 167 g/mol. The third-order valence-electron chi connectivity index (χ3n) is 5.35. The lowest BCUT2D eigenvalue weighted by molar-refractivity contribution is 0.0542. The molecule has 0 radical (unpaired) electrons. The second-order valence-corrected chi connectivity index (χ2v) is 5.92.